The van der Waals surface area contributed by atoms with Gasteiger partial charge in [-0.15, -0.1) is 0 Å². The minimum absolute atomic E-state index is 0.184. The molecular weight excluding hydrogens is 288 g/mol. The SMILES string of the molecule is CC(NCC(O)CN1CCOCC1)c1ccc(C(C)(C)C)cc1. The van der Waals surface area contributed by atoms with Gasteiger partial charge in [-0.2, -0.15) is 0 Å². The lowest BCUT2D eigenvalue weighted by Crippen LogP contribution is -2.44. The zero-order valence-electron chi connectivity index (χ0n) is 15.0. The van der Waals surface area contributed by atoms with Crippen molar-refractivity contribution in [2.24, 2.45) is 0 Å². The maximum Gasteiger partial charge on any atom is 0.0791 e. The molecule has 2 unspecified atom stereocenters. The lowest BCUT2D eigenvalue weighted by Gasteiger charge is -2.29. The largest absolute Gasteiger partial charge is 0.390 e. The molecule has 2 N–H and O–H groups in total. The monoisotopic (exact) mass is 320 g/mol. The second-order valence-corrected chi connectivity index (χ2v) is 7.57. The van der Waals surface area contributed by atoms with Gasteiger partial charge in [0, 0.05) is 32.2 Å². The molecule has 4 heteroatoms. The van der Waals surface area contributed by atoms with Crippen LogP contribution in [-0.4, -0.2) is 55.5 Å². The van der Waals surface area contributed by atoms with Gasteiger partial charge in [-0.25, -0.2) is 0 Å². The maximum absolute atomic E-state index is 10.2. The Kier molecular flexibility index (Phi) is 6.60. The first-order valence-electron chi connectivity index (χ1n) is 8.68. The minimum atomic E-state index is -0.343. The molecule has 1 heterocycles. The number of β-amino-alcohol motifs (C(OH)–C–C–N with tert-alkyl or cyclic N) is 1. The van der Waals surface area contributed by atoms with Crippen LogP contribution >= 0.6 is 0 Å². The van der Waals surface area contributed by atoms with Crippen molar-refractivity contribution in [2.45, 2.75) is 45.3 Å². The molecule has 0 aromatic heterocycles. The summed E-state index contributed by atoms with van der Waals surface area (Å²) < 4.78 is 5.33. The number of rotatable bonds is 6. The minimum Gasteiger partial charge on any atom is -0.390 e. The molecule has 1 saturated heterocycles. The molecule has 0 amide bonds. The summed E-state index contributed by atoms with van der Waals surface area (Å²) in [5.41, 5.74) is 2.79. The van der Waals surface area contributed by atoms with E-state index in [0.29, 0.717) is 13.1 Å². The Labute approximate surface area is 140 Å². The summed E-state index contributed by atoms with van der Waals surface area (Å²) in [5.74, 6) is 0. The van der Waals surface area contributed by atoms with Crippen molar-refractivity contribution in [1.82, 2.24) is 10.2 Å². The fourth-order valence-corrected chi connectivity index (χ4v) is 2.85. The van der Waals surface area contributed by atoms with E-state index in [0.717, 1.165) is 26.3 Å². The molecule has 1 aliphatic rings. The molecule has 2 atom stereocenters. The van der Waals surface area contributed by atoms with E-state index in [1.165, 1.54) is 11.1 Å². The number of aliphatic hydroxyl groups excluding tert-OH is 1. The van der Waals surface area contributed by atoms with Gasteiger partial charge in [-0.1, -0.05) is 45.0 Å². The molecule has 0 aliphatic carbocycles. The molecule has 0 spiro atoms. The number of hydrogen-bond donors (Lipinski definition) is 2. The van der Waals surface area contributed by atoms with Gasteiger partial charge in [-0.05, 0) is 23.5 Å². The van der Waals surface area contributed by atoms with Gasteiger partial charge in [0.15, 0.2) is 0 Å². The van der Waals surface area contributed by atoms with Gasteiger partial charge in [0.1, 0.15) is 0 Å². The Morgan fingerprint density at radius 1 is 1.17 bits per heavy atom. The number of morpholine rings is 1. The van der Waals surface area contributed by atoms with E-state index in [1.807, 2.05) is 0 Å². The predicted octanol–water partition coefficient (Wildman–Crippen LogP) is 2.33. The number of nitrogens with zero attached hydrogens (tertiary/aromatic N) is 1. The Balaban J connectivity index is 1.78. The van der Waals surface area contributed by atoms with E-state index in [2.05, 4.69) is 62.2 Å². The number of ether oxygens (including phenoxy) is 1. The molecule has 23 heavy (non-hydrogen) atoms. The first kappa shape index (κ1) is 18.4. The van der Waals surface area contributed by atoms with Crippen LogP contribution in [0.5, 0.6) is 0 Å². The van der Waals surface area contributed by atoms with Gasteiger partial charge < -0.3 is 15.2 Å². The molecule has 0 bridgehead atoms. The van der Waals surface area contributed by atoms with Crippen LogP contribution < -0.4 is 5.32 Å². The average molecular weight is 320 g/mol. The highest BCUT2D eigenvalue weighted by atomic mass is 16.5. The fraction of sp³-hybridized carbons (Fsp3) is 0.684. The van der Waals surface area contributed by atoms with Gasteiger partial charge in [0.25, 0.3) is 0 Å². The standard InChI is InChI=1S/C19H32N2O2/c1-15(16-5-7-17(8-6-16)19(2,3)4)20-13-18(22)14-21-9-11-23-12-10-21/h5-8,15,18,20,22H,9-14H2,1-4H3. The number of benzene rings is 1. The lowest BCUT2D eigenvalue weighted by molar-refractivity contribution is 0.0145. The number of aliphatic hydroxyl groups is 1. The topological polar surface area (TPSA) is 44.7 Å². The molecular formula is C19H32N2O2. The normalized spacial score (nSPS) is 19.5. The third kappa shape index (κ3) is 5.88. The van der Waals surface area contributed by atoms with Crippen molar-refractivity contribution in [3.8, 4) is 0 Å². The smallest absolute Gasteiger partial charge is 0.0791 e. The van der Waals surface area contributed by atoms with E-state index in [1.54, 1.807) is 0 Å². The highest BCUT2D eigenvalue weighted by Gasteiger charge is 2.17. The Hall–Kier alpha value is -0.940. The molecule has 1 aliphatic heterocycles. The van der Waals surface area contributed by atoms with Crippen molar-refractivity contribution in [3.05, 3.63) is 35.4 Å². The summed E-state index contributed by atoms with van der Waals surface area (Å²) >= 11 is 0. The van der Waals surface area contributed by atoms with Crippen LogP contribution in [-0.2, 0) is 10.2 Å². The van der Waals surface area contributed by atoms with E-state index < -0.39 is 0 Å². The number of hydrogen-bond acceptors (Lipinski definition) is 4. The van der Waals surface area contributed by atoms with Crippen molar-refractivity contribution in [1.29, 1.82) is 0 Å². The van der Waals surface area contributed by atoms with Gasteiger partial charge in [0.2, 0.25) is 0 Å². The molecule has 2 rings (SSSR count). The fourth-order valence-electron chi connectivity index (χ4n) is 2.85. The lowest BCUT2D eigenvalue weighted by atomic mass is 9.86. The van der Waals surface area contributed by atoms with Crippen LogP contribution in [0.2, 0.25) is 0 Å². The van der Waals surface area contributed by atoms with Crippen molar-refractivity contribution in [3.63, 3.8) is 0 Å². The third-order valence-corrected chi connectivity index (χ3v) is 4.51. The van der Waals surface area contributed by atoms with Crippen molar-refractivity contribution >= 4 is 0 Å². The Morgan fingerprint density at radius 3 is 2.35 bits per heavy atom. The first-order chi connectivity index (χ1) is 10.9. The molecule has 0 radical (unpaired) electrons. The van der Waals surface area contributed by atoms with Crippen LogP contribution in [0.15, 0.2) is 24.3 Å². The molecule has 0 saturated carbocycles. The van der Waals surface area contributed by atoms with Gasteiger partial charge in [0.05, 0.1) is 19.3 Å². The molecule has 1 aromatic rings. The molecule has 4 nitrogen and oxygen atoms in total. The molecule has 1 fully saturated rings. The van der Waals surface area contributed by atoms with Crippen LogP contribution in [0.4, 0.5) is 0 Å². The zero-order valence-corrected chi connectivity index (χ0v) is 15.0. The van der Waals surface area contributed by atoms with Crippen LogP contribution in [0.3, 0.4) is 0 Å². The van der Waals surface area contributed by atoms with Crippen molar-refractivity contribution in [2.75, 3.05) is 39.4 Å². The van der Waals surface area contributed by atoms with E-state index >= 15 is 0 Å². The second kappa shape index (κ2) is 8.25. The van der Waals surface area contributed by atoms with E-state index in [9.17, 15) is 5.11 Å². The second-order valence-electron chi connectivity index (χ2n) is 7.57. The van der Waals surface area contributed by atoms with Gasteiger partial charge >= 0.3 is 0 Å². The third-order valence-electron chi connectivity index (χ3n) is 4.51. The molecule has 130 valence electrons. The zero-order chi connectivity index (χ0) is 16.9. The van der Waals surface area contributed by atoms with Crippen molar-refractivity contribution < 1.29 is 9.84 Å². The Bertz CT molecular complexity index is 461. The summed E-state index contributed by atoms with van der Waals surface area (Å²) in [6.45, 7) is 13.5. The average Bonchev–Trinajstić information content (AvgIpc) is 2.53. The summed E-state index contributed by atoms with van der Waals surface area (Å²) in [4.78, 5) is 2.26. The summed E-state index contributed by atoms with van der Waals surface area (Å²) in [5, 5.41) is 13.6. The predicted molar refractivity (Wildman–Crippen MR) is 94.8 cm³/mol. The quantitative estimate of drug-likeness (QED) is 0.844. The highest BCUT2D eigenvalue weighted by Crippen LogP contribution is 2.23. The van der Waals surface area contributed by atoms with Crippen LogP contribution in [0.1, 0.15) is 44.9 Å². The van der Waals surface area contributed by atoms with Crippen LogP contribution in [0.25, 0.3) is 0 Å². The summed E-state index contributed by atoms with van der Waals surface area (Å²) in [6, 6.07) is 9.03. The van der Waals surface area contributed by atoms with Gasteiger partial charge in [-0.3, -0.25) is 4.90 Å². The summed E-state index contributed by atoms with van der Waals surface area (Å²) in [6.07, 6.45) is -0.343. The first-order valence-corrected chi connectivity index (χ1v) is 8.68. The van der Waals surface area contributed by atoms with Crippen LogP contribution in [0, 0.1) is 0 Å². The van der Waals surface area contributed by atoms with E-state index in [4.69, 9.17) is 4.74 Å². The number of nitrogens with one attached hydrogen (secondary N) is 1. The highest BCUT2D eigenvalue weighted by molar-refractivity contribution is 5.29. The Morgan fingerprint density at radius 2 is 1.78 bits per heavy atom. The summed E-state index contributed by atoms with van der Waals surface area (Å²) in [7, 11) is 0. The van der Waals surface area contributed by atoms with E-state index in [-0.39, 0.29) is 17.6 Å². The molecule has 1 aromatic carbocycles. The maximum atomic E-state index is 10.2.